The van der Waals surface area contributed by atoms with Crippen molar-refractivity contribution in [2.75, 3.05) is 13.1 Å². The summed E-state index contributed by atoms with van der Waals surface area (Å²) >= 11 is 6.01. The first-order chi connectivity index (χ1) is 11.7. The lowest BCUT2D eigenvalue weighted by Gasteiger charge is -2.22. The summed E-state index contributed by atoms with van der Waals surface area (Å²) < 4.78 is 1.68. The van der Waals surface area contributed by atoms with Gasteiger partial charge in [0.15, 0.2) is 0 Å². The number of hydrogen-bond acceptors (Lipinski definition) is 3. The van der Waals surface area contributed by atoms with Gasteiger partial charge in [-0.3, -0.25) is 4.79 Å². The van der Waals surface area contributed by atoms with Crippen LogP contribution in [0.5, 0.6) is 0 Å². The van der Waals surface area contributed by atoms with Gasteiger partial charge in [0, 0.05) is 17.3 Å². The number of piperidine rings is 1. The quantitative estimate of drug-likeness (QED) is 0.896. The van der Waals surface area contributed by atoms with Gasteiger partial charge in [0.05, 0.1) is 17.4 Å². The number of rotatable bonds is 4. The third-order valence-electron chi connectivity index (χ3n) is 5.06. The lowest BCUT2D eigenvalue weighted by atomic mass is 9.93. The molecule has 1 saturated carbocycles. The number of aromatic nitrogens is 2. The fraction of sp³-hybridized carbons (Fsp3) is 0.444. The van der Waals surface area contributed by atoms with Crippen LogP contribution < -0.4 is 10.6 Å². The van der Waals surface area contributed by atoms with Gasteiger partial charge in [-0.05, 0) is 62.4 Å². The van der Waals surface area contributed by atoms with Gasteiger partial charge in [0.25, 0.3) is 5.91 Å². The van der Waals surface area contributed by atoms with Gasteiger partial charge in [0.1, 0.15) is 0 Å². The molecule has 2 heterocycles. The molecule has 2 N–H and O–H groups in total. The van der Waals surface area contributed by atoms with E-state index in [1.165, 1.54) is 12.8 Å². The van der Waals surface area contributed by atoms with Crippen LogP contribution in [0.25, 0.3) is 5.69 Å². The molecule has 0 radical (unpaired) electrons. The Morgan fingerprint density at radius 1 is 1.33 bits per heavy atom. The average molecular weight is 345 g/mol. The van der Waals surface area contributed by atoms with Gasteiger partial charge in [0.2, 0.25) is 0 Å². The van der Waals surface area contributed by atoms with Crippen molar-refractivity contribution in [3.05, 3.63) is 47.2 Å². The highest BCUT2D eigenvalue weighted by Gasteiger charge is 2.43. The molecule has 5 nitrogen and oxygen atoms in total. The normalized spacial score (nSPS) is 23.9. The summed E-state index contributed by atoms with van der Waals surface area (Å²) in [6.07, 6.45) is 6.92. The summed E-state index contributed by atoms with van der Waals surface area (Å²) in [5.74, 6) is 1.37. The maximum Gasteiger partial charge on any atom is 0.254 e. The van der Waals surface area contributed by atoms with Crippen molar-refractivity contribution in [3.63, 3.8) is 0 Å². The Labute approximate surface area is 146 Å². The molecule has 1 amide bonds. The van der Waals surface area contributed by atoms with E-state index >= 15 is 0 Å². The van der Waals surface area contributed by atoms with E-state index in [2.05, 4.69) is 15.7 Å². The Hall–Kier alpha value is -1.85. The SMILES string of the molecule is O=C(N[C@@H]1C[C@H]1C1CCNCC1)c1cnn(-c2cccc(Cl)c2)c1. The van der Waals surface area contributed by atoms with Crippen LogP contribution in [-0.2, 0) is 0 Å². The molecule has 2 atom stereocenters. The van der Waals surface area contributed by atoms with Crippen molar-refractivity contribution in [2.45, 2.75) is 25.3 Å². The number of carbonyl (C=O) groups is 1. The second-order valence-corrected chi connectivity index (χ2v) is 7.16. The molecule has 2 aromatic rings. The molecule has 0 unspecified atom stereocenters. The van der Waals surface area contributed by atoms with Crippen molar-refractivity contribution < 1.29 is 4.79 Å². The number of carbonyl (C=O) groups excluding carboxylic acids is 1. The standard InChI is InChI=1S/C18H21ClN4O/c19-14-2-1-3-15(8-14)23-11-13(10-21-23)18(24)22-17-9-16(17)12-4-6-20-7-5-12/h1-3,8,10-12,16-17,20H,4-7,9H2,(H,22,24)/t16-,17+/m0/s1. The molecule has 6 heteroatoms. The number of nitrogens with zero attached hydrogens (tertiary/aromatic N) is 2. The zero-order valence-corrected chi connectivity index (χ0v) is 14.2. The fourth-order valence-corrected chi connectivity index (χ4v) is 3.81. The van der Waals surface area contributed by atoms with Crippen LogP contribution >= 0.6 is 11.6 Å². The second kappa shape index (κ2) is 6.57. The van der Waals surface area contributed by atoms with Crippen LogP contribution in [0.2, 0.25) is 5.02 Å². The van der Waals surface area contributed by atoms with Gasteiger partial charge >= 0.3 is 0 Å². The molecular formula is C18H21ClN4O. The van der Waals surface area contributed by atoms with Crippen molar-refractivity contribution in [1.29, 1.82) is 0 Å². The van der Waals surface area contributed by atoms with Crippen molar-refractivity contribution in [3.8, 4) is 5.69 Å². The lowest BCUT2D eigenvalue weighted by molar-refractivity contribution is 0.0947. The highest BCUT2D eigenvalue weighted by Crippen LogP contribution is 2.41. The Kier molecular flexibility index (Phi) is 4.29. The Morgan fingerprint density at radius 3 is 2.96 bits per heavy atom. The molecule has 24 heavy (non-hydrogen) atoms. The number of halogens is 1. The topological polar surface area (TPSA) is 59.0 Å². The van der Waals surface area contributed by atoms with Gasteiger partial charge in [-0.2, -0.15) is 5.10 Å². The van der Waals surface area contributed by atoms with Crippen LogP contribution in [0.1, 0.15) is 29.6 Å². The molecule has 2 fully saturated rings. The van der Waals surface area contributed by atoms with Crippen molar-refractivity contribution in [2.24, 2.45) is 11.8 Å². The third kappa shape index (κ3) is 3.32. The van der Waals surface area contributed by atoms with Gasteiger partial charge in [-0.25, -0.2) is 4.68 Å². The summed E-state index contributed by atoms with van der Waals surface area (Å²) in [6, 6.07) is 7.75. The van der Waals surface area contributed by atoms with E-state index in [1.807, 2.05) is 24.3 Å². The maximum absolute atomic E-state index is 12.4. The first-order valence-corrected chi connectivity index (χ1v) is 8.91. The van der Waals surface area contributed by atoms with Gasteiger partial charge < -0.3 is 10.6 Å². The van der Waals surface area contributed by atoms with Crippen molar-refractivity contribution >= 4 is 17.5 Å². The maximum atomic E-state index is 12.4. The molecule has 2 aliphatic rings. The number of amides is 1. The minimum Gasteiger partial charge on any atom is -0.349 e. The number of nitrogens with one attached hydrogen (secondary N) is 2. The first-order valence-electron chi connectivity index (χ1n) is 8.53. The fourth-order valence-electron chi connectivity index (χ4n) is 3.63. The van der Waals surface area contributed by atoms with Crippen LogP contribution in [0, 0.1) is 11.8 Å². The van der Waals surface area contributed by atoms with E-state index in [4.69, 9.17) is 11.6 Å². The summed E-state index contributed by atoms with van der Waals surface area (Å²) in [5, 5.41) is 11.5. The minimum absolute atomic E-state index is 0.0373. The monoisotopic (exact) mass is 344 g/mol. The zero-order valence-electron chi connectivity index (χ0n) is 13.4. The lowest BCUT2D eigenvalue weighted by Crippen LogP contribution is -2.32. The predicted octanol–water partition coefficient (Wildman–Crippen LogP) is 2.64. The van der Waals surface area contributed by atoms with E-state index < -0.39 is 0 Å². The summed E-state index contributed by atoms with van der Waals surface area (Å²) in [5.41, 5.74) is 1.44. The zero-order chi connectivity index (χ0) is 16.5. The molecule has 4 rings (SSSR count). The van der Waals surface area contributed by atoms with E-state index in [1.54, 1.807) is 17.1 Å². The molecular weight excluding hydrogens is 324 g/mol. The van der Waals surface area contributed by atoms with Gasteiger partial charge in [-0.1, -0.05) is 17.7 Å². The molecule has 1 aliphatic carbocycles. The predicted molar refractivity (Wildman–Crippen MR) is 93.5 cm³/mol. The van der Waals surface area contributed by atoms with Crippen LogP contribution in [0.3, 0.4) is 0 Å². The smallest absolute Gasteiger partial charge is 0.254 e. The number of hydrogen-bond donors (Lipinski definition) is 2. The van der Waals surface area contributed by atoms with E-state index in [0.717, 1.165) is 31.1 Å². The number of benzene rings is 1. The van der Waals surface area contributed by atoms with Crippen molar-refractivity contribution in [1.82, 2.24) is 20.4 Å². The van der Waals surface area contributed by atoms with Crippen LogP contribution in [0.15, 0.2) is 36.7 Å². The largest absolute Gasteiger partial charge is 0.349 e. The third-order valence-corrected chi connectivity index (χ3v) is 5.30. The molecule has 0 spiro atoms. The average Bonchev–Trinajstić information content (AvgIpc) is 3.18. The van der Waals surface area contributed by atoms with E-state index in [0.29, 0.717) is 22.5 Å². The van der Waals surface area contributed by atoms with Crippen LogP contribution in [-0.4, -0.2) is 34.8 Å². The molecule has 1 aliphatic heterocycles. The molecule has 0 bridgehead atoms. The van der Waals surface area contributed by atoms with E-state index in [9.17, 15) is 4.79 Å². The minimum atomic E-state index is -0.0373. The molecule has 1 saturated heterocycles. The second-order valence-electron chi connectivity index (χ2n) is 6.72. The molecule has 1 aromatic carbocycles. The highest BCUT2D eigenvalue weighted by molar-refractivity contribution is 6.30. The summed E-state index contributed by atoms with van der Waals surface area (Å²) in [4.78, 5) is 12.4. The first kappa shape index (κ1) is 15.7. The Balaban J connectivity index is 1.37. The molecule has 1 aromatic heterocycles. The molecule has 126 valence electrons. The van der Waals surface area contributed by atoms with Gasteiger partial charge in [-0.15, -0.1) is 0 Å². The summed E-state index contributed by atoms with van der Waals surface area (Å²) in [7, 11) is 0. The van der Waals surface area contributed by atoms with E-state index in [-0.39, 0.29) is 5.91 Å². The summed E-state index contributed by atoms with van der Waals surface area (Å²) in [6.45, 7) is 2.21. The Morgan fingerprint density at radius 2 is 2.17 bits per heavy atom. The van der Waals surface area contributed by atoms with Crippen LogP contribution in [0.4, 0.5) is 0 Å². The Bertz CT molecular complexity index is 738. The highest BCUT2D eigenvalue weighted by atomic mass is 35.5.